The Morgan fingerprint density at radius 3 is 1.58 bits per heavy atom. The lowest BCUT2D eigenvalue weighted by atomic mass is 9.54. The summed E-state index contributed by atoms with van der Waals surface area (Å²) in [5, 5.41) is 0. The fraction of sp³-hybridized carbons (Fsp3) is 0.0714. The summed E-state index contributed by atoms with van der Waals surface area (Å²) in [6, 6.07) is 72.0. The molecular weight excluding hydrogens is 747 g/mol. The number of rotatable bonds is 5. The fourth-order valence-corrected chi connectivity index (χ4v) is 11.1. The first kappa shape index (κ1) is 36.1. The van der Waals surface area contributed by atoms with Gasteiger partial charge < -0.3 is 5.73 Å². The lowest BCUT2D eigenvalue weighted by Crippen LogP contribution is -2.43. The Balaban J connectivity index is 1.05. The van der Waals surface area contributed by atoms with Crippen LogP contribution in [0.5, 0.6) is 0 Å². The third kappa shape index (κ3) is 5.66. The summed E-state index contributed by atoms with van der Waals surface area (Å²) >= 11 is 1.89. The summed E-state index contributed by atoms with van der Waals surface area (Å²) in [6.07, 6.45) is 0. The first-order valence-electron chi connectivity index (χ1n) is 20.5. The molecule has 2 heterocycles. The van der Waals surface area contributed by atoms with Crippen molar-refractivity contribution in [2.45, 2.75) is 34.5 Å². The monoisotopic (exact) mass is 787 g/mol. The van der Waals surface area contributed by atoms with E-state index in [2.05, 4.69) is 190 Å². The van der Waals surface area contributed by atoms with Crippen LogP contribution >= 0.6 is 11.8 Å². The van der Waals surface area contributed by atoms with Gasteiger partial charge in [-0.2, -0.15) is 0 Å². The molecule has 3 nitrogen and oxygen atoms in total. The summed E-state index contributed by atoms with van der Waals surface area (Å²) in [4.78, 5) is 12.9. The number of aromatic nitrogens is 2. The highest BCUT2D eigenvalue weighted by Crippen LogP contribution is 2.62. The van der Waals surface area contributed by atoms with E-state index in [9.17, 15) is 0 Å². The minimum Gasteiger partial charge on any atom is -0.399 e. The first-order chi connectivity index (χ1) is 29.4. The maximum atomic E-state index is 6.16. The molecule has 0 amide bonds. The van der Waals surface area contributed by atoms with Gasteiger partial charge in [0.05, 0.1) is 16.8 Å². The van der Waals surface area contributed by atoms with Crippen LogP contribution in [0.4, 0.5) is 5.69 Å². The van der Waals surface area contributed by atoms with Crippen molar-refractivity contribution in [2.75, 3.05) is 5.73 Å². The number of fused-ring (bicyclic) bond motifs is 8. The molecular formula is C56H41N3S. The van der Waals surface area contributed by atoms with E-state index >= 15 is 0 Å². The SMILES string of the molecule is CC1(C)c2ccccc2C2(c3ccccc3Sc3c(-c4ccc(-c5cc(-c6ccccc6)nc(-c6cccc(-c7cccc(N)c7)c6)n5)cc4)cccc32)c2ccccc21. The normalized spacial score (nSPS) is 14.1. The highest BCUT2D eigenvalue weighted by atomic mass is 32.2. The number of nitrogens with zero attached hydrogens (tertiary/aromatic N) is 2. The minimum absolute atomic E-state index is 0.147. The maximum Gasteiger partial charge on any atom is 0.160 e. The number of hydrogen-bond donors (Lipinski definition) is 1. The molecule has 0 saturated heterocycles. The van der Waals surface area contributed by atoms with Crippen LogP contribution in [-0.4, -0.2) is 9.97 Å². The number of nitrogen functional groups attached to an aromatic ring is 1. The van der Waals surface area contributed by atoms with E-state index in [0.29, 0.717) is 5.82 Å². The van der Waals surface area contributed by atoms with Gasteiger partial charge in [-0.15, -0.1) is 0 Å². The Morgan fingerprint density at radius 1 is 0.400 bits per heavy atom. The summed E-state index contributed by atoms with van der Waals surface area (Å²) in [5.41, 5.74) is 23.7. The van der Waals surface area contributed by atoms with Gasteiger partial charge in [-0.1, -0.05) is 195 Å². The van der Waals surface area contributed by atoms with Gasteiger partial charge in [-0.05, 0) is 86.0 Å². The van der Waals surface area contributed by atoms with E-state index in [4.69, 9.17) is 15.7 Å². The molecule has 0 bridgehead atoms. The van der Waals surface area contributed by atoms with E-state index < -0.39 is 5.41 Å². The van der Waals surface area contributed by atoms with Crippen molar-refractivity contribution in [3.63, 3.8) is 0 Å². The molecule has 4 heteroatoms. The van der Waals surface area contributed by atoms with Crippen LogP contribution in [0.2, 0.25) is 0 Å². The molecule has 2 aliphatic rings. The van der Waals surface area contributed by atoms with Crippen LogP contribution in [0.25, 0.3) is 56.2 Å². The van der Waals surface area contributed by atoms with Crippen LogP contribution in [0, 0.1) is 0 Å². The maximum absolute atomic E-state index is 6.16. The fourth-order valence-electron chi connectivity index (χ4n) is 9.73. The molecule has 1 aliphatic carbocycles. The predicted octanol–water partition coefficient (Wildman–Crippen LogP) is 13.9. The summed E-state index contributed by atoms with van der Waals surface area (Å²) in [6.45, 7) is 4.75. The highest BCUT2D eigenvalue weighted by molar-refractivity contribution is 7.99. The van der Waals surface area contributed by atoms with Crippen molar-refractivity contribution >= 4 is 17.4 Å². The van der Waals surface area contributed by atoms with Gasteiger partial charge in [0.2, 0.25) is 0 Å². The molecule has 1 spiro atoms. The molecule has 1 aromatic heterocycles. The summed E-state index contributed by atoms with van der Waals surface area (Å²) in [7, 11) is 0. The van der Waals surface area contributed by atoms with Crippen molar-refractivity contribution in [1.82, 2.24) is 9.97 Å². The van der Waals surface area contributed by atoms with E-state index in [0.717, 1.165) is 44.9 Å². The molecule has 0 saturated carbocycles. The second kappa shape index (κ2) is 14.1. The van der Waals surface area contributed by atoms with Crippen LogP contribution in [-0.2, 0) is 10.8 Å². The van der Waals surface area contributed by atoms with Crippen LogP contribution in [0.3, 0.4) is 0 Å². The second-order valence-electron chi connectivity index (χ2n) is 16.4. The zero-order valence-corrected chi connectivity index (χ0v) is 34.2. The zero-order chi connectivity index (χ0) is 40.4. The third-order valence-corrected chi connectivity index (χ3v) is 13.8. The highest BCUT2D eigenvalue weighted by Gasteiger charge is 2.52. The molecule has 0 atom stereocenters. The van der Waals surface area contributed by atoms with Crippen LogP contribution in [0.15, 0.2) is 210 Å². The lowest BCUT2D eigenvalue weighted by Gasteiger charge is -2.50. The number of hydrogen-bond acceptors (Lipinski definition) is 4. The van der Waals surface area contributed by atoms with Crippen molar-refractivity contribution in [3.8, 4) is 56.2 Å². The lowest BCUT2D eigenvalue weighted by molar-refractivity contribution is 0.549. The molecule has 1 aliphatic heterocycles. The van der Waals surface area contributed by atoms with Gasteiger partial charge in [-0.25, -0.2) is 9.97 Å². The molecule has 9 aromatic rings. The predicted molar refractivity (Wildman–Crippen MR) is 248 cm³/mol. The van der Waals surface area contributed by atoms with Crippen molar-refractivity contribution in [2.24, 2.45) is 0 Å². The van der Waals surface area contributed by atoms with Gasteiger partial charge >= 0.3 is 0 Å². The average Bonchev–Trinajstić information content (AvgIpc) is 3.30. The number of nitrogens with two attached hydrogens (primary N) is 1. The van der Waals surface area contributed by atoms with Gasteiger partial charge in [0.1, 0.15) is 0 Å². The molecule has 0 radical (unpaired) electrons. The Kier molecular flexibility index (Phi) is 8.47. The quantitative estimate of drug-likeness (QED) is 0.177. The molecule has 0 fully saturated rings. The zero-order valence-electron chi connectivity index (χ0n) is 33.4. The molecule has 286 valence electrons. The van der Waals surface area contributed by atoms with E-state index in [-0.39, 0.29) is 5.41 Å². The Bertz CT molecular complexity index is 3060. The first-order valence-corrected chi connectivity index (χ1v) is 21.3. The Morgan fingerprint density at radius 2 is 0.900 bits per heavy atom. The third-order valence-electron chi connectivity index (χ3n) is 12.6. The Hall–Kier alpha value is -7.01. The molecule has 60 heavy (non-hydrogen) atoms. The standard InChI is InChI=1S/C56H41N3S/c1-55(2)44-22-6-8-24-46(44)56(47-25-9-7-23-45(47)55)48-26-10-11-28-52(48)60-53-43(21-14-27-49(53)56)36-29-31-38(32-30-36)51-35-50(37-15-4-3-5-16-37)58-54(59-51)41-19-12-17-39(33-41)40-18-13-20-42(57)34-40/h3-35H,57H2,1-2H3. The van der Waals surface area contributed by atoms with Gasteiger partial charge in [0.25, 0.3) is 0 Å². The number of anilines is 1. The van der Waals surface area contributed by atoms with Gasteiger partial charge in [0, 0.05) is 37.6 Å². The summed E-state index contributed by atoms with van der Waals surface area (Å²) < 4.78 is 0. The van der Waals surface area contributed by atoms with Gasteiger partial charge in [-0.3, -0.25) is 0 Å². The van der Waals surface area contributed by atoms with Crippen molar-refractivity contribution in [3.05, 3.63) is 234 Å². The Labute approximate surface area is 355 Å². The van der Waals surface area contributed by atoms with Gasteiger partial charge in [0.15, 0.2) is 5.82 Å². The molecule has 0 unspecified atom stereocenters. The smallest absolute Gasteiger partial charge is 0.160 e. The largest absolute Gasteiger partial charge is 0.399 e. The average molecular weight is 788 g/mol. The molecule has 2 N–H and O–H groups in total. The topological polar surface area (TPSA) is 51.8 Å². The van der Waals surface area contributed by atoms with E-state index in [1.54, 1.807) is 0 Å². The van der Waals surface area contributed by atoms with Crippen LogP contribution in [0.1, 0.15) is 47.2 Å². The van der Waals surface area contributed by atoms with E-state index in [1.165, 1.54) is 54.3 Å². The molecule has 11 rings (SSSR count). The van der Waals surface area contributed by atoms with Crippen molar-refractivity contribution < 1.29 is 0 Å². The number of benzene rings is 8. The minimum atomic E-state index is -0.467. The van der Waals surface area contributed by atoms with Crippen LogP contribution < -0.4 is 5.73 Å². The van der Waals surface area contributed by atoms with E-state index in [1.807, 2.05) is 36.0 Å². The molecule has 8 aromatic carbocycles. The van der Waals surface area contributed by atoms with Crippen molar-refractivity contribution in [1.29, 1.82) is 0 Å². The summed E-state index contributed by atoms with van der Waals surface area (Å²) in [5.74, 6) is 0.676. The second-order valence-corrected chi connectivity index (χ2v) is 17.4.